The lowest BCUT2D eigenvalue weighted by Gasteiger charge is -2.02. The highest BCUT2D eigenvalue weighted by molar-refractivity contribution is 5.78. The average molecular weight is 274 g/mol. The van der Waals surface area contributed by atoms with Crippen LogP contribution in [0, 0.1) is 5.92 Å². The van der Waals surface area contributed by atoms with Gasteiger partial charge in [0.2, 0.25) is 11.8 Å². The number of nitrogens with zero attached hydrogens (tertiary/aromatic N) is 3. The van der Waals surface area contributed by atoms with Crippen LogP contribution in [0.25, 0.3) is 0 Å². The summed E-state index contributed by atoms with van der Waals surface area (Å²) in [5.41, 5.74) is 0.922. The lowest BCUT2D eigenvalue weighted by molar-refractivity contribution is -0.120. The normalized spacial score (nSPS) is 10.8. The molecule has 2 heterocycles. The van der Waals surface area contributed by atoms with Gasteiger partial charge in [0.05, 0.1) is 13.0 Å². The highest BCUT2D eigenvalue weighted by Gasteiger charge is 2.09. The first-order chi connectivity index (χ1) is 9.63. The van der Waals surface area contributed by atoms with Crippen LogP contribution in [0.3, 0.4) is 0 Å². The molecular weight excluding hydrogens is 256 g/mol. The molecule has 0 saturated carbocycles. The summed E-state index contributed by atoms with van der Waals surface area (Å²) in [4.78, 5) is 19.9. The number of nitrogens with one attached hydrogen (secondary N) is 1. The number of amides is 1. The van der Waals surface area contributed by atoms with Crippen molar-refractivity contribution in [3.63, 3.8) is 0 Å². The van der Waals surface area contributed by atoms with Crippen molar-refractivity contribution in [3.8, 4) is 0 Å². The van der Waals surface area contributed by atoms with Gasteiger partial charge in [-0.05, 0) is 23.6 Å². The summed E-state index contributed by atoms with van der Waals surface area (Å²) in [6, 6.07) is 3.63. The van der Waals surface area contributed by atoms with Crippen molar-refractivity contribution in [3.05, 3.63) is 41.8 Å². The van der Waals surface area contributed by atoms with E-state index in [0.717, 1.165) is 12.0 Å². The summed E-state index contributed by atoms with van der Waals surface area (Å²) >= 11 is 0. The molecule has 2 rings (SSSR count). The van der Waals surface area contributed by atoms with Gasteiger partial charge in [-0.15, -0.1) is 0 Å². The Kier molecular flexibility index (Phi) is 4.81. The number of carbonyl (C=O) groups is 1. The molecule has 20 heavy (non-hydrogen) atoms. The fraction of sp³-hybridized carbons (Fsp3) is 0.429. The first kappa shape index (κ1) is 14.2. The zero-order chi connectivity index (χ0) is 14.4. The molecule has 2 aromatic rings. The molecule has 1 N–H and O–H groups in total. The predicted octanol–water partition coefficient (Wildman–Crippen LogP) is 1.52. The predicted molar refractivity (Wildman–Crippen MR) is 72.6 cm³/mol. The fourth-order valence-electron chi connectivity index (χ4n) is 1.72. The van der Waals surface area contributed by atoms with Gasteiger partial charge in [0.15, 0.2) is 5.82 Å². The first-order valence-electron chi connectivity index (χ1n) is 6.60. The van der Waals surface area contributed by atoms with E-state index >= 15 is 0 Å². The molecule has 6 heteroatoms. The lowest BCUT2D eigenvalue weighted by atomic mass is 10.1. The third-order valence-corrected chi connectivity index (χ3v) is 2.65. The molecule has 0 bridgehead atoms. The molecule has 0 saturated heterocycles. The molecule has 1 amide bonds. The smallest absolute Gasteiger partial charge is 0.226 e. The van der Waals surface area contributed by atoms with E-state index in [1.807, 2.05) is 12.1 Å². The quantitative estimate of drug-likeness (QED) is 0.863. The maximum absolute atomic E-state index is 11.8. The minimum Gasteiger partial charge on any atom is -0.348 e. The summed E-state index contributed by atoms with van der Waals surface area (Å²) < 4.78 is 5.11. The Balaban J connectivity index is 1.80. The van der Waals surface area contributed by atoms with Gasteiger partial charge >= 0.3 is 0 Å². The number of pyridine rings is 1. The van der Waals surface area contributed by atoms with Gasteiger partial charge in [-0.3, -0.25) is 9.78 Å². The maximum atomic E-state index is 11.8. The van der Waals surface area contributed by atoms with Crippen LogP contribution in [0.1, 0.15) is 31.1 Å². The molecule has 2 aromatic heterocycles. The van der Waals surface area contributed by atoms with Crippen LogP contribution in [0.15, 0.2) is 29.0 Å². The average Bonchev–Trinajstić information content (AvgIpc) is 2.84. The van der Waals surface area contributed by atoms with Crippen LogP contribution in [-0.4, -0.2) is 21.0 Å². The number of rotatable bonds is 6. The molecule has 0 atom stereocenters. The third kappa shape index (κ3) is 4.46. The second-order valence-electron chi connectivity index (χ2n) is 5.01. The van der Waals surface area contributed by atoms with E-state index in [4.69, 9.17) is 4.52 Å². The van der Waals surface area contributed by atoms with Crippen molar-refractivity contribution in [1.82, 2.24) is 20.4 Å². The third-order valence-electron chi connectivity index (χ3n) is 2.65. The Hall–Kier alpha value is -2.24. The molecule has 6 nitrogen and oxygen atoms in total. The van der Waals surface area contributed by atoms with Crippen molar-refractivity contribution < 1.29 is 9.32 Å². The maximum Gasteiger partial charge on any atom is 0.226 e. The highest BCUT2D eigenvalue weighted by Crippen LogP contribution is 2.05. The fourth-order valence-corrected chi connectivity index (χ4v) is 1.72. The molecule has 0 aliphatic rings. The van der Waals surface area contributed by atoms with Crippen LogP contribution in [0.4, 0.5) is 0 Å². The Morgan fingerprint density at radius 2 is 2.10 bits per heavy atom. The topological polar surface area (TPSA) is 80.9 Å². The minimum atomic E-state index is -0.0774. The molecule has 0 aliphatic heterocycles. The Morgan fingerprint density at radius 3 is 2.80 bits per heavy atom. The van der Waals surface area contributed by atoms with E-state index in [-0.39, 0.29) is 12.5 Å². The Bertz CT molecular complexity index is 551. The second kappa shape index (κ2) is 6.79. The van der Waals surface area contributed by atoms with Crippen molar-refractivity contribution in [2.75, 3.05) is 0 Å². The van der Waals surface area contributed by atoms with Crippen LogP contribution >= 0.6 is 0 Å². The highest BCUT2D eigenvalue weighted by atomic mass is 16.5. The molecule has 0 radical (unpaired) electrons. The standard InChI is InChI=1S/C14H18N4O2/c1-10(2)7-14-17-12(18-20-14)9-16-13(19)8-11-3-5-15-6-4-11/h3-6,10H,7-9H2,1-2H3,(H,16,19). The summed E-state index contributed by atoms with van der Waals surface area (Å²) in [7, 11) is 0. The number of hydrogen-bond donors (Lipinski definition) is 1. The SMILES string of the molecule is CC(C)Cc1nc(CNC(=O)Cc2ccncc2)no1. The van der Waals surface area contributed by atoms with Crippen molar-refractivity contribution in [2.24, 2.45) is 5.92 Å². The lowest BCUT2D eigenvalue weighted by Crippen LogP contribution is -2.25. The van der Waals surface area contributed by atoms with Gasteiger partial charge in [0.1, 0.15) is 0 Å². The van der Waals surface area contributed by atoms with E-state index < -0.39 is 0 Å². The molecule has 106 valence electrons. The minimum absolute atomic E-state index is 0.0774. The Morgan fingerprint density at radius 1 is 1.35 bits per heavy atom. The van der Waals surface area contributed by atoms with E-state index in [1.54, 1.807) is 12.4 Å². The number of aromatic nitrogens is 3. The van der Waals surface area contributed by atoms with E-state index in [1.165, 1.54) is 0 Å². The van der Waals surface area contributed by atoms with E-state index in [9.17, 15) is 4.79 Å². The van der Waals surface area contributed by atoms with Gasteiger partial charge in [-0.25, -0.2) is 0 Å². The van der Waals surface area contributed by atoms with Gasteiger partial charge in [0, 0.05) is 18.8 Å². The summed E-state index contributed by atoms with van der Waals surface area (Å²) in [6.07, 6.45) is 4.40. The van der Waals surface area contributed by atoms with E-state index in [2.05, 4.69) is 34.3 Å². The largest absolute Gasteiger partial charge is 0.348 e. The first-order valence-corrected chi connectivity index (χ1v) is 6.60. The monoisotopic (exact) mass is 274 g/mol. The number of carbonyl (C=O) groups excluding carboxylic acids is 1. The van der Waals surface area contributed by atoms with Crippen LogP contribution in [0.5, 0.6) is 0 Å². The van der Waals surface area contributed by atoms with Gasteiger partial charge in [-0.2, -0.15) is 4.98 Å². The van der Waals surface area contributed by atoms with Gasteiger partial charge in [-0.1, -0.05) is 19.0 Å². The molecule has 0 unspecified atom stereocenters. The van der Waals surface area contributed by atoms with Crippen LogP contribution in [0.2, 0.25) is 0 Å². The Labute approximate surface area is 117 Å². The summed E-state index contributed by atoms with van der Waals surface area (Å²) in [5, 5.41) is 6.61. The molecular formula is C14H18N4O2. The number of hydrogen-bond acceptors (Lipinski definition) is 5. The second-order valence-corrected chi connectivity index (χ2v) is 5.01. The summed E-state index contributed by atoms with van der Waals surface area (Å²) in [6.45, 7) is 4.45. The van der Waals surface area contributed by atoms with E-state index in [0.29, 0.717) is 24.1 Å². The van der Waals surface area contributed by atoms with Gasteiger partial charge in [0.25, 0.3) is 0 Å². The molecule has 0 fully saturated rings. The van der Waals surface area contributed by atoms with Gasteiger partial charge < -0.3 is 9.84 Å². The van der Waals surface area contributed by atoms with Crippen molar-refractivity contribution >= 4 is 5.91 Å². The van der Waals surface area contributed by atoms with Crippen molar-refractivity contribution in [1.29, 1.82) is 0 Å². The van der Waals surface area contributed by atoms with Crippen LogP contribution in [-0.2, 0) is 24.2 Å². The molecule has 0 aromatic carbocycles. The zero-order valence-electron chi connectivity index (χ0n) is 11.7. The van der Waals surface area contributed by atoms with Crippen molar-refractivity contribution in [2.45, 2.75) is 33.2 Å². The van der Waals surface area contributed by atoms with Crippen LogP contribution < -0.4 is 5.32 Å². The summed E-state index contributed by atoms with van der Waals surface area (Å²) in [5.74, 6) is 1.50. The molecule has 0 spiro atoms. The zero-order valence-corrected chi connectivity index (χ0v) is 11.7. The molecule has 0 aliphatic carbocycles.